The zero-order valence-electron chi connectivity index (χ0n) is 10.6. The van der Waals surface area contributed by atoms with Crippen molar-refractivity contribution < 1.29 is 14.3 Å². The Morgan fingerprint density at radius 3 is 2.79 bits per heavy atom. The number of furan rings is 1. The lowest BCUT2D eigenvalue weighted by Gasteiger charge is -2.08. The minimum absolute atomic E-state index is 0.431. The van der Waals surface area contributed by atoms with Crippen molar-refractivity contribution in [3.8, 4) is 0 Å². The molecule has 0 radical (unpaired) electrons. The highest BCUT2D eigenvalue weighted by Crippen LogP contribution is 2.17. The van der Waals surface area contributed by atoms with Crippen LogP contribution in [0.25, 0.3) is 0 Å². The Balaban J connectivity index is 1.99. The van der Waals surface area contributed by atoms with Crippen LogP contribution in [0.15, 0.2) is 41.0 Å². The molecule has 1 aromatic carbocycles. The van der Waals surface area contributed by atoms with Crippen LogP contribution in [-0.2, 0) is 11.3 Å². The summed E-state index contributed by atoms with van der Waals surface area (Å²) < 4.78 is 5.33. The summed E-state index contributed by atoms with van der Waals surface area (Å²) in [4.78, 5) is 11.1. The number of aliphatic hydroxyl groups is 1. The fourth-order valence-electron chi connectivity index (χ4n) is 1.67. The number of nitrogens with one attached hydrogen (secondary N) is 2. The van der Waals surface area contributed by atoms with Crippen LogP contribution < -0.4 is 10.6 Å². The summed E-state index contributed by atoms with van der Waals surface area (Å²) in [7, 11) is 0. The number of carbonyl (C=O) groups excluding carboxylic acids is 1. The molecule has 0 spiro atoms. The first-order valence-corrected chi connectivity index (χ1v) is 5.96. The van der Waals surface area contributed by atoms with Crippen molar-refractivity contribution in [1.29, 1.82) is 0 Å². The van der Waals surface area contributed by atoms with Gasteiger partial charge in [0.1, 0.15) is 12.4 Å². The molecule has 0 aliphatic rings. The minimum Gasteiger partial charge on any atom is -0.467 e. The van der Waals surface area contributed by atoms with E-state index in [1.165, 1.54) is 0 Å². The van der Waals surface area contributed by atoms with E-state index in [1.807, 2.05) is 25.1 Å². The molecule has 5 nitrogen and oxygen atoms in total. The van der Waals surface area contributed by atoms with Crippen molar-refractivity contribution in [2.45, 2.75) is 13.5 Å². The zero-order valence-corrected chi connectivity index (χ0v) is 10.6. The number of hydrogen-bond acceptors (Lipinski definition) is 4. The van der Waals surface area contributed by atoms with Crippen LogP contribution in [0, 0.1) is 6.92 Å². The van der Waals surface area contributed by atoms with E-state index in [2.05, 4.69) is 10.6 Å². The van der Waals surface area contributed by atoms with Gasteiger partial charge in [0.15, 0.2) is 0 Å². The highest BCUT2D eigenvalue weighted by atomic mass is 16.3. The standard InChI is InChI=1S/C14H16N2O3/c1-10-5-6-19-13(10)8-15-11-3-2-4-12(7-11)16-14(18)9-17/h2-7,15,17H,8-9H2,1H3,(H,16,18). The molecule has 3 N–H and O–H groups in total. The van der Waals surface area contributed by atoms with Gasteiger partial charge in [0.05, 0.1) is 12.8 Å². The Kier molecular flexibility index (Phi) is 4.20. The molecule has 19 heavy (non-hydrogen) atoms. The van der Waals surface area contributed by atoms with E-state index >= 15 is 0 Å². The second-order valence-electron chi connectivity index (χ2n) is 4.17. The van der Waals surface area contributed by atoms with Crippen LogP contribution >= 0.6 is 0 Å². The summed E-state index contributed by atoms with van der Waals surface area (Å²) in [5.74, 6) is 0.448. The first kappa shape index (κ1) is 13.2. The number of rotatable bonds is 5. The molecule has 2 rings (SSSR count). The minimum atomic E-state index is -0.525. The summed E-state index contributed by atoms with van der Waals surface area (Å²) in [6, 6.07) is 9.19. The monoisotopic (exact) mass is 260 g/mol. The number of anilines is 2. The first-order chi connectivity index (χ1) is 9.19. The van der Waals surface area contributed by atoms with Crippen LogP contribution in [0.2, 0.25) is 0 Å². The number of benzene rings is 1. The van der Waals surface area contributed by atoms with Crippen LogP contribution in [0.3, 0.4) is 0 Å². The van der Waals surface area contributed by atoms with Crippen molar-refractivity contribution in [2.75, 3.05) is 17.2 Å². The predicted molar refractivity (Wildman–Crippen MR) is 72.9 cm³/mol. The van der Waals surface area contributed by atoms with Crippen LogP contribution in [0.4, 0.5) is 11.4 Å². The van der Waals surface area contributed by atoms with Crippen molar-refractivity contribution >= 4 is 17.3 Å². The quantitative estimate of drug-likeness (QED) is 0.770. The average Bonchev–Trinajstić information content (AvgIpc) is 2.82. The van der Waals surface area contributed by atoms with Crippen molar-refractivity contribution in [2.24, 2.45) is 0 Å². The second kappa shape index (κ2) is 6.06. The third-order valence-electron chi connectivity index (χ3n) is 2.71. The number of hydrogen-bond donors (Lipinski definition) is 3. The maximum absolute atomic E-state index is 11.1. The summed E-state index contributed by atoms with van der Waals surface area (Å²) in [6.45, 7) is 2.04. The molecule has 0 saturated carbocycles. The lowest BCUT2D eigenvalue weighted by Crippen LogP contribution is -2.15. The van der Waals surface area contributed by atoms with Gasteiger partial charge >= 0.3 is 0 Å². The molecule has 1 heterocycles. The van der Waals surface area contributed by atoms with E-state index in [0.29, 0.717) is 12.2 Å². The number of aryl methyl sites for hydroxylation is 1. The van der Waals surface area contributed by atoms with Gasteiger partial charge in [-0.2, -0.15) is 0 Å². The third-order valence-corrected chi connectivity index (χ3v) is 2.71. The van der Waals surface area contributed by atoms with Gasteiger partial charge in [-0.1, -0.05) is 6.07 Å². The van der Waals surface area contributed by atoms with Gasteiger partial charge in [-0.3, -0.25) is 4.79 Å². The molecular formula is C14H16N2O3. The molecule has 0 bridgehead atoms. The largest absolute Gasteiger partial charge is 0.467 e. The maximum Gasteiger partial charge on any atom is 0.250 e. The third kappa shape index (κ3) is 3.59. The lowest BCUT2D eigenvalue weighted by atomic mass is 10.2. The van der Waals surface area contributed by atoms with Gasteiger partial charge < -0.3 is 20.2 Å². The van der Waals surface area contributed by atoms with Gasteiger partial charge in [0.2, 0.25) is 5.91 Å². The molecule has 0 aliphatic carbocycles. The van der Waals surface area contributed by atoms with E-state index < -0.39 is 12.5 Å². The highest BCUT2D eigenvalue weighted by molar-refractivity contribution is 5.91. The van der Waals surface area contributed by atoms with Crippen molar-refractivity contribution in [3.63, 3.8) is 0 Å². The Bertz CT molecular complexity index is 563. The number of amides is 1. The fourth-order valence-corrected chi connectivity index (χ4v) is 1.67. The summed E-state index contributed by atoms with van der Waals surface area (Å²) in [6.07, 6.45) is 1.66. The molecule has 1 aromatic heterocycles. The zero-order chi connectivity index (χ0) is 13.7. The van der Waals surface area contributed by atoms with Gasteiger partial charge in [-0.05, 0) is 36.8 Å². The molecule has 2 aromatic rings. The van der Waals surface area contributed by atoms with Crippen LogP contribution in [-0.4, -0.2) is 17.6 Å². The SMILES string of the molecule is Cc1ccoc1CNc1cccc(NC(=O)CO)c1. The molecule has 0 aliphatic heterocycles. The first-order valence-electron chi connectivity index (χ1n) is 5.96. The topological polar surface area (TPSA) is 74.5 Å². The summed E-state index contributed by atoms with van der Waals surface area (Å²) in [5.41, 5.74) is 2.60. The molecule has 0 unspecified atom stereocenters. The normalized spacial score (nSPS) is 10.2. The Hall–Kier alpha value is -2.27. The summed E-state index contributed by atoms with van der Waals surface area (Å²) >= 11 is 0. The van der Waals surface area contributed by atoms with Gasteiger partial charge in [0, 0.05) is 11.4 Å². The molecule has 1 amide bonds. The molecule has 5 heteroatoms. The molecule has 100 valence electrons. The van der Waals surface area contributed by atoms with E-state index in [0.717, 1.165) is 17.0 Å². The van der Waals surface area contributed by atoms with Gasteiger partial charge in [-0.15, -0.1) is 0 Å². The van der Waals surface area contributed by atoms with Gasteiger partial charge in [-0.25, -0.2) is 0 Å². The molecule has 0 atom stereocenters. The van der Waals surface area contributed by atoms with Crippen molar-refractivity contribution in [3.05, 3.63) is 47.9 Å². The molecule has 0 fully saturated rings. The number of carbonyl (C=O) groups is 1. The predicted octanol–water partition coefficient (Wildman–Crippen LogP) is 2.13. The van der Waals surface area contributed by atoms with Gasteiger partial charge in [0.25, 0.3) is 0 Å². The molecule has 0 saturated heterocycles. The Morgan fingerprint density at radius 1 is 1.32 bits per heavy atom. The van der Waals surface area contributed by atoms with Crippen LogP contribution in [0.1, 0.15) is 11.3 Å². The number of aliphatic hydroxyl groups excluding tert-OH is 1. The average molecular weight is 260 g/mol. The van der Waals surface area contributed by atoms with Crippen LogP contribution in [0.5, 0.6) is 0 Å². The summed E-state index contributed by atoms with van der Waals surface area (Å²) in [5, 5.41) is 14.5. The smallest absolute Gasteiger partial charge is 0.250 e. The van der Waals surface area contributed by atoms with E-state index in [1.54, 1.807) is 18.4 Å². The van der Waals surface area contributed by atoms with Crippen molar-refractivity contribution in [1.82, 2.24) is 0 Å². The van der Waals surface area contributed by atoms with E-state index in [9.17, 15) is 4.79 Å². The Labute approximate surface area is 111 Å². The highest BCUT2D eigenvalue weighted by Gasteiger charge is 2.03. The van der Waals surface area contributed by atoms with E-state index in [4.69, 9.17) is 9.52 Å². The lowest BCUT2D eigenvalue weighted by molar-refractivity contribution is -0.118. The van der Waals surface area contributed by atoms with E-state index in [-0.39, 0.29) is 0 Å². The second-order valence-corrected chi connectivity index (χ2v) is 4.17. The Morgan fingerprint density at radius 2 is 2.11 bits per heavy atom. The fraction of sp³-hybridized carbons (Fsp3) is 0.214. The molecular weight excluding hydrogens is 244 g/mol. The maximum atomic E-state index is 11.1.